The summed E-state index contributed by atoms with van der Waals surface area (Å²) in [6.07, 6.45) is 4.57. The van der Waals surface area contributed by atoms with Crippen molar-refractivity contribution in [3.05, 3.63) is 15.7 Å². The molecule has 0 aromatic carbocycles. The molecule has 3 saturated carbocycles. The van der Waals surface area contributed by atoms with Gasteiger partial charge >= 0.3 is 6.09 Å². The van der Waals surface area contributed by atoms with Gasteiger partial charge in [-0.2, -0.15) is 0 Å². The van der Waals surface area contributed by atoms with E-state index in [0.29, 0.717) is 5.92 Å². The number of nitrogens with zero attached hydrogens (tertiary/aromatic N) is 2. The topological polar surface area (TPSA) is 65.4 Å². The molecule has 176 valence electrons. The van der Waals surface area contributed by atoms with E-state index in [1.54, 1.807) is 0 Å². The van der Waals surface area contributed by atoms with Crippen molar-refractivity contribution in [2.24, 2.45) is 5.92 Å². The number of halogens is 1. The lowest BCUT2D eigenvalue weighted by atomic mass is 9.44. The number of alkyl carbamates (subject to hydrolysis) is 1. The van der Waals surface area contributed by atoms with Gasteiger partial charge in [-0.15, -0.1) is 0 Å². The van der Waals surface area contributed by atoms with E-state index in [-0.39, 0.29) is 28.3 Å². The van der Waals surface area contributed by atoms with Crippen molar-refractivity contribution in [1.82, 2.24) is 14.9 Å². The van der Waals surface area contributed by atoms with Gasteiger partial charge in [0.25, 0.3) is 0 Å². The molecule has 2 bridgehead atoms. The van der Waals surface area contributed by atoms with Crippen LogP contribution in [0.1, 0.15) is 86.6 Å². The van der Waals surface area contributed by atoms with Crippen molar-refractivity contribution in [3.63, 3.8) is 0 Å². The van der Waals surface area contributed by atoms with E-state index in [1.807, 2.05) is 20.8 Å². The molecule has 0 spiro atoms. The zero-order valence-corrected chi connectivity index (χ0v) is 24.0. The summed E-state index contributed by atoms with van der Waals surface area (Å²) in [5, 5.41) is 3.27. The lowest BCUT2D eigenvalue weighted by Gasteiger charge is -2.70. The predicted molar refractivity (Wildman–Crippen MR) is 135 cm³/mol. The zero-order valence-electron chi connectivity index (χ0n) is 20.9. The Balaban J connectivity index is 1.78. The number of hydrogen-bond acceptors (Lipinski definition) is 4. The van der Waals surface area contributed by atoms with Gasteiger partial charge in [0.15, 0.2) is 8.32 Å². The van der Waals surface area contributed by atoms with E-state index in [1.165, 1.54) is 0 Å². The highest BCUT2D eigenvalue weighted by atomic mass is 127. The fourth-order valence-corrected chi connectivity index (χ4v) is 6.46. The summed E-state index contributed by atoms with van der Waals surface area (Å²) in [5.41, 5.74) is -0.585. The Hall–Kier alpha value is -0.613. The molecule has 1 atom stereocenters. The molecule has 0 radical (unpaired) electrons. The number of rotatable bonds is 6. The van der Waals surface area contributed by atoms with E-state index >= 15 is 0 Å². The lowest BCUT2D eigenvalue weighted by molar-refractivity contribution is -0.139. The second-order valence-electron chi connectivity index (χ2n) is 12.5. The maximum absolute atomic E-state index is 12.3. The number of carbonyl (C=O) groups is 1. The van der Waals surface area contributed by atoms with E-state index in [2.05, 4.69) is 86.4 Å². The fraction of sp³-hybridized carbons (Fsp3) is 0.826. The van der Waals surface area contributed by atoms with Crippen LogP contribution in [0.15, 0.2) is 6.20 Å². The van der Waals surface area contributed by atoms with Crippen LogP contribution in [0.5, 0.6) is 0 Å². The molecular formula is C23H40IN3O3Si. The van der Waals surface area contributed by atoms with Crippen molar-refractivity contribution in [2.45, 2.75) is 116 Å². The summed E-state index contributed by atoms with van der Waals surface area (Å²) < 4.78 is 15.7. The number of imidazole rings is 1. The lowest BCUT2D eigenvalue weighted by Crippen LogP contribution is -2.79. The SMILES string of the molecule is CC(C)C(O[Si](C)(C)C(C)(C)C)c1nc(I)cn1C12CC(NC(=O)OC(C)(C)C)(C1)C2. The molecule has 4 rings (SSSR count). The molecular weight excluding hydrogens is 521 g/mol. The molecule has 3 aliphatic rings. The van der Waals surface area contributed by atoms with Crippen LogP contribution in [0.25, 0.3) is 0 Å². The van der Waals surface area contributed by atoms with Gasteiger partial charge in [-0.1, -0.05) is 34.6 Å². The third-order valence-electron chi connectivity index (χ3n) is 7.07. The standard InChI is InChI=1S/C23H40IN3O3Si/c1-15(2)17(30-31(9,10)21(6,7)8)18-25-16(24)11-27(18)23-12-22(13-23,14-23)26-19(28)29-20(3,4)5/h11,15,17H,12-14H2,1-10H3,(H,26,28). The van der Waals surface area contributed by atoms with Gasteiger partial charge in [0, 0.05) is 6.20 Å². The monoisotopic (exact) mass is 561 g/mol. The molecule has 8 heteroatoms. The van der Waals surface area contributed by atoms with Crippen LogP contribution in [0, 0.1) is 9.62 Å². The normalized spacial score (nSPS) is 26.8. The van der Waals surface area contributed by atoms with Gasteiger partial charge in [0.2, 0.25) is 0 Å². The Labute approximate surface area is 202 Å². The highest BCUT2D eigenvalue weighted by Gasteiger charge is 2.70. The summed E-state index contributed by atoms with van der Waals surface area (Å²) >= 11 is 2.31. The first-order valence-electron chi connectivity index (χ1n) is 11.3. The van der Waals surface area contributed by atoms with E-state index in [0.717, 1.165) is 28.8 Å². The maximum Gasteiger partial charge on any atom is 0.408 e. The Morgan fingerprint density at radius 3 is 2.19 bits per heavy atom. The quantitative estimate of drug-likeness (QED) is 0.324. The summed E-state index contributed by atoms with van der Waals surface area (Å²) in [6.45, 7) is 21.6. The predicted octanol–water partition coefficient (Wildman–Crippen LogP) is 6.36. The third kappa shape index (κ3) is 4.85. The molecule has 1 N–H and O–H groups in total. The highest BCUT2D eigenvalue weighted by Crippen LogP contribution is 2.66. The van der Waals surface area contributed by atoms with Crippen LogP contribution in [0.2, 0.25) is 18.1 Å². The van der Waals surface area contributed by atoms with Crippen LogP contribution < -0.4 is 5.32 Å². The molecule has 1 aromatic heterocycles. The smallest absolute Gasteiger partial charge is 0.408 e. The second-order valence-corrected chi connectivity index (χ2v) is 18.4. The molecule has 1 unspecified atom stereocenters. The van der Waals surface area contributed by atoms with Gasteiger partial charge in [0.1, 0.15) is 21.2 Å². The molecule has 1 amide bonds. The zero-order chi connectivity index (χ0) is 23.6. The molecule has 31 heavy (non-hydrogen) atoms. The van der Waals surface area contributed by atoms with Gasteiger partial charge in [-0.25, -0.2) is 9.78 Å². The van der Waals surface area contributed by atoms with Crippen molar-refractivity contribution >= 4 is 37.0 Å². The van der Waals surface area contributed by atoms with Crippen molar-refractivity contribution in [2.75, 3.05) is 0 Å². The average Bonchev–Trinajstić information content (AvgIpc) is 2.85. The summed E-state index contributed by atoms with van der Waals surface area (Å²) in [5.74, 6) is 1.36. The number of nitrogens with one attached hydrogen (secondary N) is 1. The first-order chi connectivity index (χ1) is 13.9. The minimum absolute atomic E-state index is 0.0324. The molecule has 3 fully saturated rings. The Morgan fingerprint density at radius 1 is 1.19 bits per heavy atom. The number of carbonyl (C=O) groups excluding carboxylic acids is 1. The first kappa shape index (κ1) is 25.0. The third-order valence-corrected chi connectivity index (χ3v) is 12.0. The summed E-state index contributed by atoms with van der Waals surface area (Å²) in [7, 11) is -1.95. The van der Waals surface area contributed by atoms with Gasteiger partial charge in [-0.05, 0) is 86.7 Å². The minimum Gasteiger partial charge on any atom is -0.444 e. The largest absolute Gasteiger partial charge is 0.444 e. The average molecular weight is 562 g/mol. The molecule has 6 nitrogen and oxygen atoms in total. The minimum atomic E-state index is -1.95. The molecule has 1 aromatic rings. The Morgan fingerprint density at radius 2 is 1.74 bits per heavy atom. The molecule has 0 aliphatic heterocycles. The van der Waals surface area contributed by atoms with Crippen LogP contribution in [-0.4, -0.2) is 35.1 Å². The van der Waals surface area contributed by atoms with Crippen LogP contribution in [0.3, 0.4) is 0 Å². The van der Waals surface area contributed by atoms with Gasteiger partial charge in [-0.3, -0.25) is 0 Å². The Bertz CT molecular complexity index is 831. The van der Waals surface area contributed by atoms with E-state index < -0.39 is 13.9 Å². The number of hydrogen-bond donors (Lipinski definition) is 1. The van der Waals surface area contributed by atoms with Crippen LogP contribution >= 0.6 is 22.6 Å². The van der Waals surface area contributed by atoms with Crippen molar-refractivity contribution in [3.8, 4) is 0 Å². The van der Waals surface area contributed by atoms with E-state index in [9.17, 15) is 4.79 Å². The van der Waals surface area contributed by atoms with Crippen LogP contribution in [-0.2, 0) is 14.7 Å². The van der Waals surface area contributed by atoms with Gasteiger partial charge < -0.3 is 19.0 Å². The maximum atomic E-state index is 12.3. The summed E-state index contributed by atoms with van der Waals surface area (Å²) in [4.78, 5) is 17.2. The fourth-order valence-electron chi connectivity index (χ4n) is 4.57. The number of ether oxygens (including phenoxy) is 1. The van der Waals surface area contributed by atoms with Crippen LogP contribution in [0.4, 0.5) is 4.79 Å². The highest BCUT2D eigenvalue weighted by molar-refractivity contribution is 14.1. The first-order valence-corrected chi connectivity index (χ1v) is 15.3. The molecule has 1 heterocycles. The summed E-state index contributed by atoms with van der Waals surface area (Å²) in [6, 6.07) is 0. The molecule has 3 aliphatic carbocycles. The number of amides is 1. The molecule has 0 saturated heterocycles. The van der Waals surface area contributed by atoms with Crippen molar-refractivity contribution < 1.29 is 14.0 Å². The number of aromatic nitrogens is 2. The second kappa shape index (κ2) is 7.72. The van der Waals surface area contributed by atoms with Crippen molar-refractivity contribution in [1.29, 1.82) is 0 Å². The van der Waals surface area contributed by atoms with E-state index in [4.69, 9.17) is 14.1 Å². The van der Waals surface area contributed by atoms with Gasteiger partial charge in [0.05, 0.1) is 11.1 Å². The Kier molecular flexibility index (Phi) is 6.23.